The van der Waals surface area contributed by atoms with Gasteiger partial charge in [0.15, 0.2) is 5.82 Å². The molecule has 2 aliphatic heterocycles. The van der Waals surface area contributed by atoms with Crippen LogP contribution in [0.5, 0.6) is 5.88 Å². The van der Waals surface area contributed by atoms with Gasteiger partial charge in [-0.05, 0) is 48.8 Å². The largest absolute Gasteiger partial charge is 0.470 e. The third kappa shape index (κ3) is 4.50. The fourth-order valence-electron chi connectivity index (χ4n) is 2.92. The highest BCUT2D eigenvalue weighted by Gasteiger charge is 2.26. The number of pyridine rings is 1. The maximum Gasteiger partial charge on any atom is 0.317 e. The van der Waals surface area contributed by atoms with Crippen molar-refractivity contribution in [3.8, 4) is 5.88 Å². The van der Waals surface area contributed by atoms with Crippen molar-refractivity contribution < 1.29 is 13.9 Å². The first-order valence-corrected chi connectivity index (χ1v) is 9.25. The maximum atomic E-state index is 13.6. The lowest BCUT2D eigenvalue weighted by molar-refractivity contribution is 0.0940. The van der Waals surface area contributed by atoms with Gasteiger partial charge in [-0.2, -0.15) is 11.8 Å². The quantitative estimate of drug-likeness (QED) is 0.916. The van der Waals surface area contributed by atoms with Gasteiger partial charge in [0.25, 0.3) is 5.88 Å². The Morgan fingerprint density at radius 3 is 3.22 bits per heavy atom. The van der Waals surface area contributed by atoms with Crippen LogP contribution in [0.1, 0.15) is 19.3 Å². The summed E-state index contributed by atoms with van der Waals surface area (Å²) in [6, 6.07) is 2.82. The van der Waals surface area contributed by atoms with E-state index in [2.05, 4.69) is 10.3 Å². The van der Waals surface area contributed by atoms with Crippen LogP contribution in [0.25, 0.3) is 0 Å². The molecule has 3 heterocycles. The predicted molar refractivity (Wildman–Crippen MR) is 88.2 cm³/mol. The van der Waals surface area contributed by atoms with E-state index in [4.69, 9.17) is 4.74 Å². The summed E-state index contributed by atoms with van der Waals surface area (Å²) in [6.45, 7) is 1.93. The number of carbonyl (C=O) groups excluding carboxylic acids is 1. The van der Waals surface area contributed by atoms with E-state index in [1.807, 2.05) is 11.8 Å². The van der Waals surface area contributed by atoms with E-state index in [1.54, 1.807) is 4.90 Å². The van der Waals surface area contributed by atoms with Gasteiger partial charge in [0.05, 0.1) is 6.54 Å². The number of hydrogen-bond acceptors (Lipinski definition) is 4. The van der Waals surface area contributed by atoms with Crippen LogP contribution < -0.4 is 10.1 Å². The van der Waals surface area contributed by atoms with Crippen LogP contribution in [-0.2, 0) is 0 Å². The number of ether oxygens (including phenoxy) is 1. The fraction of sp³-hybridized carbons (Fsp3) is 0.625. The minimum atomic E-state index is -0.465. The van der Waals surface area contributed by atoms with Crippen molar-refractivity contribution in [2.24, 2.45) is 5.92 Å². The molecule has 2 atom stereocenters. The van der Waals surface area contributed by atoms with Crippen LogP contribution in [0, 0.1) is 11.7 Å². The van der Waals surface area contributed by atoms with Gasteiger partial charge >= 0.3 is 6.03 Å². The van der Waals surface area contributed by atoms with Crippen molar-refractivity contribution in [1.82, 2.24) is 15.2 Å². The monoisotopic (exact) mass is 339 g/mol. The van der Waals surface area contributed by atoms with Crippen molar-refractivity contribution in [2.45, 2.75) is 25.4 Å². The van der Waals surface area contributed by atoms with Crippen molar-refractivity contribution >= 4 is 17.8 Å². The first-order chi connectivity index (χ1) is 11.2. The van der Waals surface area contributed by atoms with Gasteiger partial charge in [-0.1, -0.05) is 0 Å². The molecule has 1 aromatic rings. The zero-order valence-corrected chi connectivity index (χ0v) is 13.9. The van der Waals surface area contributed by atoms with Crippen LogP contribution in [0.4, 0.5) is 9.18 Å². The average molecular weight is 339 g/mol. The van der Waals surface area contributed by atoms with Gasteiger partial charge in [0.2, 0.25) is 0 Å². The lowest BCUT2D eigenvalue weighted by Crippen LogP contribution is -2.49. The summed E-state index contributed by atoms with van der Waals surface area (Å²) in [4.78, 5) is 18.0. The maximum absolute atomic E-state index is 13.6. The van der Waals surface area contributed by atoms with Crippen LogP contribution in [-0.4, -0.2) is 53.2 Å². The molecule has 23 heavy (non-hydrogen) atoms. The molecule has 2 saturated heterocycles. The number of amides is 2. The summed E-state index contributed by atoms with van der Waals surface area (Å²) in [5, 5.41) is 3.02. The highest BCUT2D eigenvalue weighted by Crippen LogP contribution is 2.23. The van der Waals surface area contributed by atoms with Gasteiger partial charge in [-0.25, -0.2) is 14.2 Å². The summed E-state index contributed by atoms with van der Waals surface area (Å²) in [5.41, 5.74) is 0. The van der Waals surface area contributed by atoms with Crippen molar-refractivity contribution in [2.75, 3.05) is 31.1 Å². The molecule has 2 fully saturated rings. The summed E-state index contributed by atoms with van der Waals surface area (Å²) in [6.07, 6.45) is 4.13. The van der Waals surface area contributed by atoms with E-state index in [0.717, 1.165) is 31.7 Å². The predicted octanol–water partition coefficient (Wildman–Crippen LogP) is 2.53. The number of nitrogens with one attached hydrogen (secondary N) is 1. The number of carbonyl (C=O) groups is 1. The Kier molecular flexibility index (Phi) is 5.59. The lowest BCUT2D eigenvalue weighted by Gasteiger charge is -2.32. The first-order valence-electron chi connectivity index (χ1n) is 8.10. The van der Waals surface area contributed by atoms with Crippen LogP contribution in [0.3, 0.4) is 0 Å². The highest BCUT2D eigenvalue weighted by molar-refractivity contribution is 7.99. The Morgan fingerprint density at radius 1 is 1.52 bits per heavy atom. The molecule has 2 amide bonds. The molecule has 0 aliphatic carbocycles. The summed E-state index contributed by atoms with van der Waals surface area (Å²) >= 11 is 1.95. The van der Waals surface area contributed by atoms with Crippen LogP contribution in [0.15, 0.2) is 18.3 Å². The first kappa shape index (κ1) is 16.4. The number of likely N-dealkylation sites (tertiary alicyclic amines) is 1. The molecule has 0 saturated carbocycles. The molecular formula is C16H22FN3O2S. The smallest absolute Gasteiger partial charge is 0.317 e. The third-order valence-electron chi connectivity index (χ3n) is 4.23. The number of urea groups is 1. The Balaban J connectivity index is 1.49. The zero-order chi connectivity index (χ0) is 16.1. The summed E-state index contributed by atoms with van der Waals surface area (Å²) < 4.78 is 19.2. The van der Waals surface area contributed by atoms with E-state index in [1.165, 1.54) is 30.5 Å². The zero-order valence-electron chi connectivity index (χ0n) is 13.0. The minimum Gasteiger partial charge on any atom is -0.470 e. The number of piperidine rings is 1. The molecule has 0 radical (unpaired) electrons. The molecule has 0 bridgehead atoms. The van der Waals surface area contributed by atoms with Crippen molar-refractivity contribution in [1.29, 1.82) is 0 Å². The number of halogens is 1. The van der Waals surface area contributed by atoms with E-state index in [9.17, 15) is 9.18 Å². The SMILES string of the molecule is O=C(NC[C@H]1CCSC1)N1CCC[C@@H](Oc2ncccc2F)C1. The van der Waals surface area contributed by atoms with Crippen LogP contribution in [0.2, 0.25) is 0 Å². The normalized spacial score (nSPS) is 24.5. The molecular weight excluding hydrogens is 317 g/mol. The van der Waals surface area contributed by atoms with E-state index in [-0.39, 0.29) is 18.0 Å². The molecule has 1 N–H and O–H groups in total. The fourth-order valence-corrected chi connectivity index (χ4v) is 4.21. The molecule has 0 aromatic carbocycles. The van der Waals surface area contributed by atoms with Crippen LogP contribution >= 0.6 is 11.8 Å². The third-order valence-corrected chi connectivity index (χ3v) is 5.47. The minimum absolute atomic E-state index is 0.0164. The second kappa shape index (κ2) is 7.86. The number of aromatic nitrogens is 1. The van der Waals surface area contributed by atoms with Gasteiger partial charge in [0, 0.05) is 19.3 Å². The summed E-state index contributed by atoms with van der Waals surface area (Å²) in [5.74, 6) is 2.46. The lowest BCUT2D eigenvalue weighted by atomic mass is 10.1. The second-order valence-electron chi connectivity index (χ2n) is 6.03. The van der Waals surface area contributed by atoms with Gasteiger partial charge in [0.1, 0.15) is 6.10 Å². The van der Waals surface area contributed by atoms with Crippen molar-refractivity contribution in [3.63, 3.8) is 0 Å². The Labute approximate surface area is 140 Å². The number of nitrogens with zero attached hydrogens (tertiary/aromatic N) is 2. The molecule has 0 spiro atoms. The average Bonchev–Trinajstić information content (AvgIpc) is 3.08. The number of hydrogen-bond donors (Lipinski definition) is 1. The van der Waals surface area contributed by atoms with Gasteiger partial charge < -0.3 is 15.0 Å². The standard InChI is InChI=1S/C16H22FN3O2S/c17-14-4-1-6-18-15(14)22-13-3-2-7-20(10-13)16(21)19-9-12-5-8-23-11-12/h1,4,6,12-13H,2-3,5,7-11H2,(H,19,21)/t12-,13-/m1/s1. The molecule has 1 aromatic heterocycles. The Hall–Kier alpha value is -1.50. The Bertz CT molecular complexity index is 540. The molecule has 0 unspecified atom stereocenters. The number of rotatable bonds is 4. The van der Waals surface area contributed by atoms with E-state index in [0.29, 0.717) is 12.5 Å². The Morgan fingerprint density at radius 2 is 2.43 bits per heavy atom. The molecule has 2 aliphatic rings. The van der Waals surface area contributed by atoms with Crippen molar-refractivity contribution in [3.05, 3.63) is 24.1 Å². The second-order valence-corrected chi connectivity index (χ2v) is 7.18. The topological polar surface area (TPSA) is 54.5 Å². The van der Waals surface area contributed by atoms with Gasteiger partial charge in [-0.15, -0.1) is 0 Å². The molecule has 3 rings (SSSR count). The van der Waals surface area contributed by atoms with Gasteiger partial charge in [-0.3, -0.25) is 0 Å². The van der Waals surface area contributed by atoms with E-state index >= 15 is 0 Å². The molecule has 7 heteroatoms. The number of thioether (sulfide) groups is 1. The van der Waals surface area contributed by atoms with E-state index < -0.39 is 5.82 Å². The highest BCUT2D eigenvalue weighted by atomic mass is 32.2. The summed E-state index contributed by atoms with van der Waals surface area (Å²) in [7, 11) is 0. The molecule has 5 nitrogen and oxygen atoms in total. The molecule has 126 valence electrons.